The molecule has 0 aromatic carbocycles. The zero-order valence-electron chi connectivity index (χ0n) is 12.3. The number of amides is 1. The lowest BCUT2D eigenvalue weighted by molar-refractivity contribution is -0.128. The summed E-state index contributed by atoms with van der Waals surface area (Å²) in [5, 5.41) is 0.594. The lowest BCUT2D eigenvalue weighted by atomic mass is 10.1. The molecule has 6 heteroatoms. The Morgan fingerprint density at radius 2 is 2.09 bits per heavy atom. The second-order valence-corrected chi connectivity index (χ2v) is 5.60. The minimum Gasteiger partial charge on any atom is -0.348 e. The highest BCUT2D eigenvalue weighted by Crippen LogP contribution is 2.25. The first kappa shape index (κ1) is 14.5. The molecular weight excluding hydrogens is 300 g/mol. The highest BCUT2D eigenvalue weighted by atomic mass is 35.5. The van der Waals surface area contributed by atoms with Crippen LogP contribution in [-0.4, -0.2) is 39.3 Å². The van der Waals surface area contributed by atoms with Crippen molar-refractivity contribution in [2.75, 3.05) is 14.1 Å². The molecular formula is C16H15ClN4O. The molecule has 0 aliphatic rings. The number of aromatic nitrogens is 3. The minimum atomic E-state index is -0.000966. The predicted molar refractivity (Wildman–Crippen MR) is 85.8 cm³/mol. The number of likely N-dealkylation sites (N-methyl/N-ethyl adjacent to an activating group) is 1. The quantitative estimate of drug-likeness (QED) is 0.747. The number of halogens is 1. The molecule has 0 aliphatic heterocycles. The maximum Gasteiger partial charge on any atom is 0.228 e. The topological polar surface area (TPSA) is 50.5 Å². The molecule has 3 heterocycles. The van der Waals surface area contributed by atoms with Crippen LogP contribution >= 0.6 is 11.6 Å². The van der Waals surface area contributed by atoms with E-state index in [2.05, 4.69) is 9.97 Å². The summed E-state index contributed by atoms with van der Waals surface area (Å²) in [4.78, 5) is 22.7. The van der Waals surface area contributed by atoms with Crippen LogP contribution in [0.3, 0.4) is 0 Å². The van der Waals surface area contributed by atoms with Gasteiger partial charge in [-0.05, 0) is 24.3 Å². The molecule has 0 bridgehead atoms. The summed E-state index contributed by atoms with van der Waals surface area (Å²) >= 11 is 6.09. The van der Waals surface area contributed by atoms with Crippen molar-refractivity contribution in [3.05, 3.63) is 53.4 Å². The van der Waals surface area contributed by atoms with Gasteiger partial charge in [-0.3, -0.25) is 9.78 Å². The number of carbonyl (C=O) groups is 1. The largest absolute Gasteiger partial charge is 0.348 e. The maximum atomic E-state index is 12.2. The molecule has 0 radical (unpaired) electrons. The van der Waals surface area contributed by atoms with Crippen molar-refractivity contribution in [2.45, 2.75) is 6.42 Å². The van der Waals surface area contributed by atoms with E-state index >= 15 is 0 Å². The first-order valence-electron chi connectivity index (χ1n) is 6.84. The molecule has 3 rings (SSSR count). The normalized spacial score (nSPS) is 10.9. The van der Waals surface area contributed by atoms with Crippen LogP contribution in [0, 0.1) is 0 Å². The van der Waals surface area contributed by atoms with Gasteiger partial charge in [0.05, 0.1) is 22.8 Å². The highest BCUT2D eigenvalue weighted by molar-refractivity contribution is 6.30. The fourth-order valence-corrected chi connectivity index (χ4v) is 2.41. The van der Waals surface area contributed by atoms with Crippen molar-refractivity contribution < 1.29 is 4.79 Å². The summed E-state index contributed by atoms with van der Waals surface area (Å²) in [5.41, 5.74) is 2.98. The minimum absolute atomic E-state index is 0.000966. The number of imidazole rings is 1. The van der Waals surface area contributed by atoms with E-state index in [9.17, 15) is 4.79 Å². The average molecular weight is 315 g/mol. The van der Waals surface area contributed by atoms with Crippen molar-refractivity contribution in [2.24, 2.45) is 0 Å². The average Bonchev–Trinajstić information content (AvgIpc) is 2.86. The Bertz CT molecular complexity index is 827. The van der Waals surface area contributed by atoms with E-state index in [0.29, 0.717) is 10.7 Å². The van der Waals surface area contributed by atoms with E-state index in [1.54, 1.807) is 37.5 Å². The van der Waals surface area contributed by atoms with Gasteiger partial charge in [-0.15, -0.1) is 0 Å². The van der Waals surface area contributed by atoms with Crippen LogP contribution in [0.15, 0.2) is 42.7 Å². The standard InChI is InChI=1S/C16H15ClN4O/c1-20(2)15(22)9-13-16(12-5-3-4-8-18-12)19-14-7-6-11(17)10-21(13)14/h3-8,10H,9H2,1-2H3. The first-order valence-corrected chi connectivity index (χ1v) is 7.22. The van der Waals surface area contributed by atoms with Gasteiger partial charge in [0.2, 0.25) is 5.91 Å². The van der Waals surface area contributed by atoms with Crippen molar-refractivity contribution in [3.8, 4) is 11.4 Å². The zero-order valence-corrected chi connectivity index (χ0v) is 13.1. The van der Waals surface area contributed by atoms with Gasteiger partial charge in [0.1, 0.15) is 11.3 Å². The SMILES string of the molecule is CN(C)C(=O)Cc1c(-c2ccccn2)nc2ccc(Cl)cn12. The second kappa shape index (κ2) is 5.77. The number of hydrogen-bond acceptors (Lipinski definition) is 3. The van der Waals surface area contributed by atoms with Gasteiger partial charge in [0.25, 0.3) is 0 Å². The molecule has 112 valence electrons. The van der Waals surface area contributed by atoms with E-state index < -0.39 is 0 Å². The molecule has 3 aromatic rings. The first-order chi connectivity index (χ1) is 10.6. The Morgan fingerprint density at radius 3 is 2.77 bits per heavy atom. The van der Waals surface area contributed by atoms with E-state index in [1.165, 1.54) is 0 Å². The van der Waals surface area contributed by atoms with Gasteiger partial charge in [0, 0.05) is 26.5 Å². The van der Waals surface area contributed by atoms with Gasteiger partial charge in [-0.1, -0.05) is 17.7 Å². The highest BCUT2D eigenvalue weighted by Gasteiger charge is 2.18. The molecule has 1 amide bonds. The number of fused-ring (bicyclic) bond motifs is 1. The summed E-state index contributed by atoms with van der Waals surface area (Å²) in [6.07, 6.45) is 3.72. The molecule has 0 atom stereocenters. The van der Waals surface area contributed by atoms with Crippen molar-refractivity contribution in [1.82, 2.24) is 19.3 Å². The third-order valence-electron chi connectivity index (χ3n) is 3.41. The van der Waals surface area contributed by atoms with Crippen LogP contribution in [0.1, 0.15) is 5.69 Å². The summed E-state index contributed by atoms with van der Waals surface area (Å²) in [6.45, 7) is 0. The van der Waals surface area contributed by atoms with Crippen LogP contribution in [0.25, 0.3) is 17.0 Å². The smallest absolute Gasteiger partial charge is 0.228 e. The fraction of sp³-hybridized carbons (Fsp3) is 0.188. The lowest BCUT2D eigenvalue weighted by Crippen LogP contribution is -2.24. The van der Waals surface area contributed by atoms with Crippen LogP contribution in [0.4, 0.5) is 0 Å². The maximum absolute atomic E-state index is 12.2. The molecule has 3 aromatic heterocycles. The predicted octanol–water partition coefficient (Wildman–Crippen LogP) is 2.68. The fourth-order valence-electron chi connectivity index (χ4n) is 2.25. The third-order valence-corrected chi connectivity index (χ3v) is 3.63. The number of nitrogens with zero attached hydrogens (tertiary/aromatic N) is 4. The van der Waals surface area contributed by atoms with Gasteiger partial charge in [-0.2, -0.15) is 0 Å². The van der Waals surface area contributed by atoms with Crippen LogP contribution in [0.2, 0.25) is 5.02 Å². The molecule has 22 heavy (non-hydrogen) atoms. The summed E-state index contributed by atoms with van der Waals surface area (Å²) in [5.74, 6) is -0.000966. The molecule has 0 spiro atoms. The molecule has 0 aliphatic carbocycles. The number of pyridine rings is 2. The van der Waals surface area contributed by atoms with Crippen LogP contribution in [0.5, 0.6) is 0 Å². The lowest BCUT2D eigenvalue weighted by Gasteiger charge is -2.11. The van der Waals surface area contributed by atoms with Gasteiger partial charge in [0.15, 0.2) is 0 Å². The molecule has 5 nitrogen and oxygen atoms in total. The van der Waals surface area contributed by atoms with Crippen LogP contribution < -0.4 is 0 Å². The van der Waals surface area contributed by atoms with E-state index in [0.717, 1.165) is 17.0 Å². The van der Waals surface area contributed by atoms with E-state index in [1.807, 2.05) is 28.7 Å². The van der Waals surface area contributed by atoms with Gasteiger partial charge in [-0.25, -0.2) is 4.98 Å². The number of rotatable bonds is 3. The molecule has 0 saturated heterocycles. The summed E-state index contributed by atoms with van der Waals surface area (Å²) in [6, 6.07) is 9.24. The summed E-state index contributed by atoms with van der Waals surface area (Å²) in [7, 11) is 3.47. The molecule has 0 fully saturated rings. The monoisotopic (exact) mass is 314 g/mol. The Kier molecular flexibility index (Phi) is 3.81. The van der Waals surface area contributed by atoms with Crippen molar-refractivity contribution >= 4 is 23.2 Å². The number of carbonyl (C=O) groups excluding carboxylic acids is 1. The zero-order chi connectivity index (χ0) is 15.7. The van der Waals surface area contributed by atoms with Crippen molar-refractivity contribution in [1.29, 1.82) is 0 Å². The Hall–Kier alpha value is -2.40. The second-order valence-electron chi connectivity index (χ2n) is 5.16. The van der Waals surface area contributed by atoms with Crippen LogP contribution in [-0.2, 0) is 11.2 Å². The number of hydrogen-bond donors (Lipinski definition) is 0. The van der Waals surface area contributed by atoms with Crippen molar-refractivity contribution in [3.63, 3.8) is 0 Å². The van der Waals surface area contributed by atoms with Gasteiger partial charge < -0.3 is 9.30 Å². The van der Waals surface area contributed by atoms with Gasteiger partial charge >= 0.3 is 0 Å². The molecule has 0 unspecified atom stereocenters. The summed E-state index contributed by atoms with van der Waals surface area (Å²) < 4.78 is 1.85. The Balaban J connectivity index is 2.20. The third kappa shape index (κ3) is 2.67. The molecule has 0 N–H and O–H groups in total. The molecule has 0 saturated carbocycles. The Morgan fingerprint density at radius 1 is 1.27 bits per heavy atom. The Labute approximate surface area is 133 Å². The van der Waals surface area contributed by atoms with E-state index in [-0.39, 0.29) is 12.3 Å². The van der Waals surface area contributed by atoms with E-state index in [4.69, 9.17) is 11.6 Å².